The molecular weight excluding hydrogens is 292 g/mol. The number of aryl methyl sites for hydroxylation is 1. The lowest BCUT2D eigenvalue weighted by atomic mass is 10.1. The molecule has 0 unspecified atom stereocenters. The number of carbonyl (C=O) groups is 1. The van der Waals surface area contributed by atoms with Gasteiger partial charge in [-0.05, 0) is 22.8 Å². The van der Waals surface area contributed by atoms with E-state index in [0.29, 0.717) is 23.4 Å². The van der Waals surface area contributed by atoms with Gasteiger partial charge in [-0.15, -0.1) is 5.10 Å². The minimum atomic E-state index is -0.255. The molecule has 114 valence electrons. The monoisotopic (exact) mass is 310 g/mol. The van der Waals surface area contributed by atoms with Crippen LogP contribution in [0.5, 0.6) is 0 Å². The molecule has 0 aliphatic rings. The van der Waals surface area contributed by atoms with E-state index in [1.54, 1.807) is 17.8 Å². The Hall–Kier alpha value is -1.90. The van der Waals surface area contributed by atoms with Crippen molar-refractivity contribution in [3.8, 4) is 0 Å². The first kappa shape index (κ1) is 15.5. The minimum Gasteiger partial charge on any atom is -0.351 e. The van der Waals surface area contributed by atoms with Crippen molar-refractivity contribution in [1.82, 2.24) is 30.7 Å². The Labute approximate surface area is 126 Å². The molecule has 1 amide bonds. The van der Waals surface area contributed by atoms with Crippen LogP contribution in [-0.2, 0) is 13.5 Å². The standard InChI is InChI=1S/C12H18N6O2S/c1-8(2)6-9-7-10(20-15-9)11(19)13-4-5-21-12-14-16-17-18(12)3/h7-8H,4-6H2,1-3H3,(H,13,19). The van der Waals surface area contributed by atoms with Crippen LogP contribution >= 0.6 is 11.8 Å². The van der Waals surface area contributed by atoms with Crippen LogP contribution in [0.4, 0.5) is 0 Å². The van der Waals surface area contributed by atoms with Gasteiger partial charge >= 0.3 is 0 Å². The van der Waals surface area contributed by atoms with Crippen LogP contribution in [0.3, 0.4) is 0 Å². The fourth-order valence-corrected chi connectivity index (χ4v) is 2.38. The lowest BCUT2D eigenvalue weighted by Crippen LogP contribution is -2.25. The van der Waals surface area contributed by atoms with Crippen molar-refractivity contribution in [1.29, 1.82) is 0 Å². The van der Waals surface area contributed by atoms with Crippen LogP contribution < -0.4 is 5.32 Å². The maximum atomic E-state index is 11.9. The van der Waals surface area contributed by atoms with Crippen molar-refractivity contribution in [3.63, 3.8) is 0 Å². The van der Waals surface area contributed by atoms with Gasteiger partial charge in [0.15, 0.2) is 0 Å². The predicted molar refractivity (Wildman–Crippen MR) is 76.9 cm³/mol. The third-order valence-corrected chi connectivity index (χ3v) is 3.61. The first-order valence-electron chi connectivity index (χ1n) is 6.65. The second-order valence-electron chi connectivity index (χ2n) is 4.97. The Morgan fingerprint density at radius 1 is 1.52 bits per heavy atom. The molecule has 0 aliphatic heterocycles. The molecule has 2 heterocycles. The van der Waals surface area contributed by atoms with E-state index in [4.69, 9.17) is 4.52 Å². The summed E-state index contributed by atoms with van der Waals surface area (Å²) in [4.78, 5) is 11.9. The first-order chi connectivity index (χ1) is 10.1. The van der Waals surface area contributed by atoms with Crippen LogP contribution in [-0.4, -0.2) is 43.6 Å². The summed E-state index contributed by atoms with van der Waals surface area (Å²) in [5, 5.41) is 18.5. The third kappa shape index (κ3) is 4.55. The number of carbonyl (C=O) groups excluding carboxylic acids is 1. The van der Waals surface area contributed by atoms with Crippen molar-refractivity contribution in [3.05, 3.63) is 17.5 Å². The van der Waals surface area contributed by atoms with Crippen LogP contribution in [0, 0.1) is 5.92 Å². The zero-order valence-corrected chi connectivity index (χ0v) is 13.1. The molecule has 1 N–H and O–H groups in total. The molecule has 0 fully saturated rings. The number of rotatable bonds is 7. The van der Waals surface area contributed by atoms with Crippen molar-refractivity contribution in [2.45, 2.75) is 25.4 Å². The Balaban J connectivity index is 1.74. The maximum Gasteiger partial charge on any atom is 0.289 e. The van der Waals surface area contributed by atoms with E-state index in [0.717, 1.165) is 12.1 Å². The van der Waals surface area contributed by atoms with E-state index in [9.17, 15) is 4.79 Å². The van der Waals surface area contributed by atoms with Gasteiger partial charge in [-0.1, -0.05) is 30.8 Å². The highest BCUT2D eigenvalue weighted by molar-refractivity contribution is 7.99. The molecule has 2 aromatic heterocycles. The number of thioether (sulfide) groups is 1. The van der Waals surface area contributed by atoms with Gasteiger partial charge in [0, 0.05) is 25.4 Å². The van der Waals surface area contributed by atoms with Gasteiger partial charge in [0.25, 0.3) is 5.91 Å². The van der Waals surface area contributed by atoms with E-state index < -0.39 is 0 Å². The lowest BCUT2D eigenvalue weighted by Gasteiger charge is -2.01. The lowest BCUT2D eigenvalue weighted by molar-refractivity contribution is 0.0919. The summed E-state index contributed by atoms with van der Waals surface area (Å²) >= 11 is 1.47. The Morgan fingerprint density at radius 2 is 2.33 bits per heavy atom. The molecule has 0 aliphatic carbocycles. The molecule has 0 saturated carbocycles. The molecule has 9 heteroatoms. The normalized spacial score (nSPS) is 11.0. The first-order valence-corrected chi connectivity index (χ1v) is 7.63. The van der Waals surface area contributed by atoms with Crippen LogP contribution in [0.25, 0.3) is 0 Å². The van der Waals surface area contributed by atoms with E-state index >= 15 is 0 Å². The second-order valence-corrected chi connectivity index (χ2v) is 6.03. The van der Waals surface area contributed by atoms with Crippen molar-refractivity contribution < 1.29 is 9.32 Å². The average Bonchev–Trinajstić information content (AvgIpc) is 3.03. The molecule has 0 aromatic carbocycles. The molecule has 0 atom stereocenters. The quantitative estimate of drug-likeness (QED) is 0.599. The summed E-state index contributed by atoms with van der Waals surface area (Å²) in [5.74, 6) is 1.14. The zero-order valence-electron chi connectivity index (χ0n) is 12.2. The fraction of sp³-hybridized carbons (Fsp3) is 0.583. The summed E-state index contributed by atoms with van der Waals surface area (Å²) in [7, 11) is 1.77. The summed E-state index contributed by atoms with van der Waals surface area (Å²) in [6.07, 6.45) is 0.797. The zero-order chi connectivity index (χ0) is 15.2. The van der Waals surface area contributed by atoms with Crippen LogP contribution in [0.15, 0.2) is 15.7 Å². The fourth-order valence-electron chi connectivity index (χ4n) is 1.67. The van der Waals surface area contributed by atoms with Gasteiger partial charge in [0.1, 0.15) is 0 Å². The number of amides is 1. The maximum absolute atomic E-state index is 11.9. The van der Waals surface area contributed by atoms with Crippen molar-refractivity contribution in [2.75, 3.05) is 12.3 Å². The van der Waals surface area contributed by atoms with E-state index in [-0.39, 0.29) is 11.7 Å². The number of nitrogens with zero attached hydrogens (tertiary/aromatic N) is 5. The second kappa shape index (κ2) is 7.21. The van der Waals surface area contributed by atoms with Gasteiger partial charge < -0.3 is 9.84 Å². The average molecular weight is 310 g/mol. The smallest absolute Gasteiger partial charge is 0.289 e. The molecule has 21 heavy (non-hydrogen) atoms. The number of aromatic nitrogens is 5. The van der Waals surface area contributed by atoms with E-state index in [2.05, 4.69) is 39.8 Å². The summed E-state index contributed by atoms with van der Waals surface area (Å²) in [6.45, 7) is 4.68. The van der Waals surface area contributed by atoms with Crippen LogP contribution in [0.2, 0.25) is 0 Å². The molecule has 8 nitrogen and oxygen atoms in total. The highest BCUT2D eigenvalue weighted by atomic mass is 32.2. The van der Waals surface area contributed by atoms with E-state index in [1.807, 2.05) is 0 Å². The molecule has 0 bridgehead atoms. The van der Waals surface area contributed by atoms with Gasteiger partial charge in [-0.3, -0.25) is 4.79 Å². The topological polar surface area (TPSA) is 98.7 Å². The highest BCUT2D eigenvalue weighted by Gasteiger charge is 2.13. The molecule has 0 spiro atoms. The number of hydrogen-bond acceptors (Lipinski definition) is 7. The highest BCUT2D eigenvalue weighted by Crippen LogP contribution is 2.11. The third-order valence-electron chi connectivity index (χ3n) is 2.60. The minimum absolute atomic E-state index is 0.246. The summed E-state index contributed by atoms with van der Waals surface area (Å²) < 4.78 is 6.63. The molecule has 0 saturated heterocycles. The molecular formula is C12H18N6O2S. The number of tetrazole rings is 1. The number of nitrogens with one attached hydrogen (secondary N) is 1. The number of hydrogen-bond donors (Lipinski definition) is 1. The van der Waals surface area contributed by atoms with Crippen molar-refractivity contribution >= 4 is 17.7 Å². The SMILES string of the molecule is CC(C)Cc1cc(C(=O)NCCSc2nnnn2C)on1. The Morgan fingerprint density at radius 3 is 3.00 bits per heavy atom. The van der Waals surface area contributed by atoms with Gasteiger partial charge in [0.2, 0.25) is 10.9 Å². The largest absolute Gasteiger partial charge is 0.351 e. The summed E-state index contributed by atoms with van der Waals surface area (Å²) in [5.41, 5.74) is 0.801. The van der Waals surface area contributed by atoms with E-state index in [1.165, 1.54) is 11.8 Å². The predicted octanol–water partition coefficient (Wildman–Crippen LogP) is 0.919. The molecule has 0 radical (unpaired) electrons. The van der Waals surface area contributed by atoms with Gasteiger partial charge in [-0.25, -0.2) is 4.68 Å². The van der Waals surface area contributed by atoms with Gasteiger partial charge in [0.05, 0.1) is 5.69 Å². The molecule has 2 rings (SSSR count). The van der Waals surface area contributed by atoms with Crippen LogP contribution in [0.1, 0.15) is 30.1 Å². The van der Waals surface area contributed by atoms with Gasteiger partial charge in [-0.2, -0.15) is 0 Å². The Kier molecular flexibility index (Phi) is 5.32. The van der Waals surface area contributed by atoms with Crippen molar-refractivity contribution in [2.24, 2.45) is 13.0 Å². The Bertz CT molecular complexity index is 594. The molecule has 2 aromatic rings. The summed E-state index contributed by atoms with van der Waals surface area (Å²) in [6, 6.07) is 1.69.